The van der Waals surface area contributed by atoms with Crippen molar-refractivity contribution in [3.05, 3.63) is 0 Å². The first-order valence-electron chi connectivity index (χ1n) is 5.24. The normalized spacial score (nSPS) is 16.4. The number of carboxylic acid groups (broad SMARTS) is 1. The number of rotatable bonds is 1. The molecule has 0 unspecified atom stereocenters. The molecule has 6 heteroatoms. The molecule has 6 nitrogen and oxygen atoms in total. The molecule has 1 rings (SSSR count). The predicted octanol–water partition coefficient (Wildman–Crippen LogP) is -0.602. The van der Waals surface area contributed by atoms with Gasteiger partial charge in [0.05, 0.1) is 0 Å². The van der Waals surface area contributed by atoms with Gasteiger partial charge in [0.2, 0.25) is 5.91 Å². The summed E-state index contributed by atoms with van der Waals surface area (Å²) in [5.74, 6) is -2.36. The molecule has 1 aliphatic heterocycles. The van der Waals surface area contributed by atoms with E-state index in [9.17, 15) is 14.4 Å². The van der Waals surface area contributed by atoms with Crippen molar-refractivity contribution in [2.24, 2.45) is 5.92 Å². The van der Waals surface area contributed by atoms with Crippen molar-refractivity contribution in [2.75, 3.05) is 26.2 Å². The predicted molar refractivity (Wildman–Crippen MR) is 55.6 cm³/mol. The highest BCUT2D eigenvalue weighted by Crippen LogP contribution is 2.07. The van der Waals surface area contributed by atoms with Gasteiger partial charge in [0.15, 0.2) is 0 Å². The molecule has 1 heterocycles. The zero-order valence-corrected chi connectivity index (χ0v) is 9.47. The van der Waals surface area contributed by atoms with Crippen LogP contribution < -0.4 is 0 Å². The summed E-state index contributed by atoms with van der Waals surface area (Å²) >= 11 is 0. The second-order valence-corrected chi connectivity index (χ2v) is 4.08. The lowest BCUT2D eigenvalue weighted by atomic mass is 10.1. The number of carbonyl (C=O) groups excluding carboxylic acids is 2. The van der Waals surface area contributed by atoms with Crippen LogP contribution >= 0.6 is 0 Å². The summed E-state index contributed by atoms with van der Waals surface area (Å²) in [5.41, 5.74) is 0. The number of hydrogen-bond donors (Lipinski definition) is 1. The Morgan fingerprint density at radius 2 is 1.44 bits per heavy atom. The minimum atomic E-state index is -1.44. The standard InChI is InChI=1S/C10H16N2O4/c1-7(2)8(13)11-3-5-12(6-4-11)9(14)10(15)16/h7H,3-6H2,1-2H3,(H,15,16). The fourth-order valence-corrected chi connectivity index (χ4v) is 1.63. The molecule has 2 amide bonds. The molecule has 0 aromatic rings. The van der Waals surface area contributed by atoms with Crippen molar-refractivity contribution in [2.45, 2.75) is 13.8 Å². The molecule has 1 aliphatic rings. The SMILES string of the molecule is CC(C)C(=O)N1CCN(C(=O)C(=O)O)CC1. The Morgan fingerprint density at radius 1 is 1.00 bits per heavy atom. The summed E-state index contributed by atoms with van der Waals surface area (Å²) in [7, 11) is 0. The third kappa shape index (κ3) is 2.71. The van der Waals surface area contributed by atoms with E-state index < -0.39 is 11.9 Å². The molecule has 1 fully saturated rings. The third-order valence-electron chi connectivity index (χ3n) is 2.56. The molecule has 0 aromatic heterocycles. The largest absolute Gasteiger partial charge is 0.474 e. The number of amides is 2. The Hall–Kier alpha value is -1.59. The van der Waals surface area contributed by atoms with E-state index in [1.54, 1.807) is 4.90 Å². The van der Waals surface area contributed by atoms with Crippen LogP contribution in [0.4, 0.5) is 0 Å². The first kappa shape index (κ1) is 12.5. The van der Waals surface area contributed by atoms with Gasteiger partial charge in [-0.2, -0.15) is 0 Å². The van der Waals surface area contributed by atoms with Gasteiger partial charge in [-0.25, -0.2) is 4.79 Å². The average Bonchev–Trinajstić information content (AvgIpc) is 2.27. The summed E-state index contributed by atoms with van der Waals surface area (Å²) in [6.45, 7) is 5.05. The first-order chi connectivity index (χ1) is 7.43. The van der Waals surface area contributed by atoms with Gasteiger partial charge in [-0.15, -0.1) is 0 Å². The fraction of sp³-hybridized carbons (Fsp3) is 0.700. The van der Waals surface area contributed by atoms with Crippen LogP contribution in [-0.2, 0) is 14.4 Å². The summed E-state index contributed by atoms with van der Waals surface area (Å²) in [4.78, 5) is 36.1. The number of aliphatic carboxylic acids is 1. The van der Waals surface area contributed by atoms with Crippen LogP contribution in [0.25, 0.3) is 0 Å². The van der Waals surface area contributed by atoms with Crippen LogP contribution in [0.3, 0.4) is 0 Å². The lowest BCUT2D eigenvalue weighted by Gasteiger charge is -2.34. The van der Waals surface area contributed by atoms with E-state index in [-0.39, 0.29) is 11.8 Å². The van der Waals surface area contributed by atoms with Gasteiger partial charge in [-0.05, 0) is 0 Å². The molecule has 1 saturated heterocycles. The molecule has 0 atom stereocenters. The summed E-state index contributed by atoms with van der Waals surface area (Å²) in [5, 5.41) is 8.53. The van der Waals surface area contributed by atoms with Gasteiger partial charge in [-0.1, -0.05) is 13.8 Å². The van der Waals surface area contributed by atoms with Crippen molar-refractivity contribution in [1.29, 1.82) is 0 Å². The number of carboxylic acids is 1. The third-order valence-corrected chi connectivity index (χ3v) is 2.56. The second kappa shape index (κ2) is 4.96. The quantitative estimate of drug-likeness (QED) is 0.608. The average molecular weight is 228 g/mol. The van der Waals surface area contributed by atoms with Crippen molar-refractivity contribution >= 4 is 17.8 Å². The molecular weight excluding hydrogens is 212 g/mol. The van der Waals surface area contributed by atoms with Gasteiger partial charge in [0.1, 0.15) is 0 Å². The smallest absolute Gasteiger partial charge is 0.394 e. The minimum absolute atomic E-state index is 0.0439. The summed E-state index contributed by atoms with van der Waals surface area (Å²) < 4.78 is 0. The summed E-state index contributed by atoms with van der Waals surface area (Å²) in [6.07, 6.45) is 0. The first-order valence-corrected chi connectivity index (χ1v) is 5.24. The maximum atomic E-state index is 11.6. The Balaban J connectivity index is 2.49. The number of nitrogens with zero attached hydrogens (tertiary/aromatic N) is 2. The Kier molecular flexibility index (Phi) is 3.87. The van der Waals surface area contributed by atoms with Gasteiger partial charge >= 0.3 is 11.9 Å². The molecule has 1 N–H and O–H groups in total. The van der Waals surface area contributed by atoms with Crippen molar-refractivity contribution in [3.63, 3.8) is 0 Å². The van der Waals surface area contributed by atoms with Crippen molar-refractivity contribution in [3.8, 4) is 0 Å². The topological polar surface area (TPSA) is 77.9 Å². The van der Waals surface area contributed by atoms with Crippen molar-refractivity contribution in [1.82, 2.24) is 9.80 Å². The molecule has 0 aromatic carbocycles. The molecule has 0 spiro atoms. The van der Waals surface area contributed by atoms with E-state index in [0.29, 0.717) is 26.2 Å². The van der Waals surface area contributed by atoms with Crippen LogP contribution in [0, 0.1) is 5.92 Å². The number of hydrogen-bond acceptors (Lipinski definition) is 3. The maximum Gasteiger partial charge on any atom is 0.394 e. The fourth-order valence-electron chi connectivity index (χ4n) is 1.63. The maximum absolute atomic E-state index is 11.6. The summed E-state index contributed by atoms with van der Waals surface area (Å²) in [6, 6.07) is 0. The Labute approximate surface area is 93.8 Å². The lowest BCUT2D eigenvalue weighted by molar-refractivity contribution is -0.157. The molecule has 0 saturated carbocycles. The highest BCUT2D eigenvalue weighted by Gasteiger charge is 2.28. The molecular formula is C10H16N2O4. The van der Waals surface area contributed by atoms with E-state index >= 15 is 0 Å². The van der Waals surface area contributed by atoms with Crippen molar-refractivity contribution < 1.29 is 19.5 Å². The van der Waals surface area contributed by atoms with Crippen LogP contribution in [0.15, 0.2) is 0 Å². The molecule has 0 radical (unpaired) electrons. The second-order valence-electron chi connectivity index (χ2n) is 4.08. The molecule has 0 aliphatic carbocycles. The van der Waals surface area contributed by atoms with Crippen LogP contribution in [0.2, 0.25) is 0 Å². The van der Waals surface area contributed by atoms with Gasteiger partial charge in [0, 0.05) is 32.1 Å². The van der Waals surface area contributed by atoms with Gasteiger partial charge < -0.3 is 14.9 Å². The Morgan fingerprint density at radius 3 is 1.81 bits per heavy atom. The van der Waals surface area contributed by atoms with Crippen LogP contribution in [0.5, 0.6) is 0 Å². The van der Waals surface area contributed by atoms with Crippen LogP contribution in [0.1, 0.15) is 13.8 Å². The Bertz CT molecular complexity index is 306. The lowest BCUT2D eigenvalue weighted by Crippen LogP contribution is -2.52. The van der Waals surface area contributed by atoms with E-state index in [4.69, 9.17) is 5.11 Å². The zero-order chi connectivity index (χ0) is 12.3. The van der Waals surface area contributed by atoms with Gasteiger partial charge in [0.25, 0.3) is 0 Å². The van der Waals surface area contributed by atoms with Crippen LogP contribution in [-0.4, -0.2) is 58.9 Å². The molecule has 0 bridgehead atoms. The van der Waals surface area contributed by atoms with E-state index in [1.165, 1.54) is 4.90 Å². The zero-order valence-electron chi connectivity index (χ0n) is 9.47. The highest BCUT2D eigenvalue weighted by atomic mass is 16.4. The highest BCUT2D eigenvalue weighted by molar-refractivity contribution is 6.31. The molecule has 90 valence electrons. The monoisotopic (exact) mass is 228 g/mol. The molecule has 16 heavy (non-hydrogen) atoms. The number of carbonyl (C=O) groups is 3. The van der Waals surface area contributed by atoms with E-state index in [1.807, 2.05) is 13.8 Å². The van der Waals surface area contributed by atoms with Gasteiger partial charge in [-0.3, -0.25) is 9.59 Å². The van der Waals surface area contributed by atoms with E-state index in [2.05, 4.69) is 0 Å². The van der Waals surface area contributed by atoms with E-state index in [0.717, 1.165) is 0 Å². The number of piperazine rings is 1. The minimum Gasteiger partial charge on any atom is -0.474 e.